The molecule has 0 radical (unpaired) electrons. The van der Waals surface area contributed by atoms with Crippen molar-refractivity contribution in [2.45, 2.75) is 45.6 Å². The van der Waals surface area contributed by atoms with Crippen LogP contribution in [-0.4, -0.2) is 48.9 Å². The van der Waals surface area contributed by atoms with Crippen LogP contribution in [0.15, 0.2) is 0 Å². The maximum Gasteiger partial charge on any atom is 0.243 e. The van der Waals surface area contributed by atoms with Gasteiger partial charge in [0, 0.05) is 19.5 Å². The Bertz CT molecular complexity index is 357. The SMILES string of the molecule is CC(C)C1C(=O)NCCN1C(=O)CCC1CCNCC1.Cl. The lowest BCUT2D eigenvalue weighted by molar-refractivity contribution is -0.145. The third kappa shape index (κ3) is 4.85. The average Bonchev–Trinajstić information content (AvgIpc) is 2.45. The molecular formula is C15H28ClN3O2. The van der Waals surface area contributed by atoms with Gasteiger partial charge in [-0.2, -0.15) is 0 Å². The molecule has 2 N–H and O–H groups in total. The van der Waals surface area contributed by atoms with Gasteiger partial charge in [-0.15, -0.1) is 12.4 Å². The average molecular weight is 318 g/mol. The Labute approximate surface area is 133 Å². The summed E-state index contributed by atoms with van der Waals surface area (Å²) in [5, 5.41) is 6.21. The van der Waals surface area contributed by atoms with Gasteiger partial charge in [-0.3, -0.25) is 9.59 Å². The number of amides is 2. The van der Waals surface area contributed by atoms with Gasteiger partial charge in [0.05, 0.1) is 0 Å². The van der Waals surface area contributed by atoms with Crippen molar-refractivity contribution in [2.75, 3.05) is 26.2 Å². The van der Waals surface area contributed by atoms with Gasteiger partial charge in [0.1, 0.15) is 6.04 Å². The minimum absolute atomic E-state index is 0. The predicted molar refractivity (Wildman–Crippen MR) is 85.4 cm³/mol. The lowest BCUT2D eigenvalue weighted by Crippen LogP contribution is -2.59. The first kappa shape index (κ1) is 18.2. The van der Waals surface area contributed by atoms with E-state index in [2.05, 4.69) is 10.6 Å². The second-order valence-corrected chi connectivity index (χ2v) is 6.30. The van der Waals surface area contributed by atoms with Crippen molar-refractivity contribution in [1.82, 2.24) is 15.5 Å². The van der Waals surface area contributed by atoms with Crippen LogP contribution in [0.4, 0.5) is 0 Å². The first-order valence-electron chi connectivity index (χ1n) is 7.87. The van der Waals surface area contributed by atoms with Crippen molar-refractivity contribution in [3.63, 3.8) is 0 Å². The van der Waals surface area contributed by atoms with Crippen LogP contribution < -0.4 is 10.6 Å². The maximum atomic E-state index is 12.4. The first-order chi connectivity index (χ1) is 9.59. The number of carbonyl (C=O) groups is 2. The van der Waals surface area contributed by atoms with Gasteiger partial charge in [-0.05, 0) is 44.2 Å². The topological polar surface area (TPSA) is 61.4 Å². The summed E-state index contributed by atoms with van der Waals surface area (Å²) < 4.78 is 0. The summed E-state index contributed by atoms with van der Waals surface area (Å²) in [6, 6.07) is -0.288. The number of hydrogen-bond donors (Lipinski definition) is 2. The van der Waals surface area contributed by atoms with Gasteiger partial charge in [-0.1, -0.05) is 13.8 Å². The van der Waals surface area contributed by atoms with Crippen LogP contribution in [0.25, 0.3) is 0 Å². The van der Waals surface area contributed by atoms with Crippen LogP contribution in [0.2, 0.25) is 0 Å². The summed E-state index contributed by atoms with van der Waals surface area (Å²) in [5.41, 5.74) is 0. The zero-order valence-electron chi connectivity index (χ0n) is 13.1. The van der Waals surface area contributed by atoms with E-state index < -0.39 is 0 Å². The second kappa shape index (κ2) is 8.59. The Balaban J connectivity index is 0.00000220. The molecular weight excluding hydrogens is 290 g/mol. The maximum absolute atomic E-state index is 12.4. The lowest BCUT2D eigenvalue weighted by Gasteiger charge is -2.37. The molecule has 2 heterocycles. The molecule has 0 spiro atoms. The molecule has 0 aliphatic carbocycles. The number of hydrogen-bond acceptors (Lipinski definition) is 3. The molecule has 2 saturated heterocycles. The third-order valence-electron chi connectivity index (χ3n) is 4.43. The number of halogens is 1. The van der Waals surface area contributed by atoms with E-state index in [9.17, 15) is 9.59 Å². The highest BCUT2D eigenvalue weighted by Gasteiger charge is 2.34. The van der Waals surface area contributed by atoms with E-state index in [1.165, 1.54) is 12.8 Å². The Hall–Kier alpha value is -0.810. The van der Waals surface area contributed by atoms with Gasteiger partial charge in [-0.25, -0.2) is 0 Å². The zero-order chi connectivity index (χ0) is 14.5. The molecule has 2 rings (SSSR count). The molecule has 6 heteroatoms. The smallest absolute Gasteiger partial charge is 0.243 e. The molecule has 2 aliphatic heterocycles. The minimum Gasteiger partial charge on any atom is -0.353 e. The molecule has 5 nitrogen and oxygen atoms in total. The molecule has 2 fully saturated rings. The molecule has 1 unspecified atom stereocenters. The van der Waals surface area contributed by atoms with Gasteiger partial charge >= 0.3 is 0 Å². The van der Waals surface area contributed by atoms with Crippen LogP contribution in [0.1, 0.15) is 39.5 Å². The summed E-state index contributed by atoms with van der Waals surface area (Å²) in [4.78, 5) is 26.2. The fraction of sp³-hybridized carbons (Fsp3) is 0.867. The van der Waals surface area contributed by atoms with Gasteiger partial charge in [0.2, 0.25) is 11.8 Å². The summed E-state index contributed by atoms with van der Waals surface area (Å²) in [6.07, 6.45) is 3.88. The van der Waals surface area contributed by atoms with Crippen molar-refractivity contribution < 1.29 is 9.59 Å². The monoisotopic (exact) mass is 317 g/mol. The van der Waals surface area contributed by atoms with Crippen molar-refractivity contribution in [1.29, 1.82) is 0 Å². The molecule has 0 aromatic rings. The van der Waals surface area contributed by atoms with E-state index in [1.54, 1.807) is 4.90 Å². The van der Waals surface area contributed by atoms with Crippen molar-refractivity contribution in [3.8, 4) is 0 Å². The number of nitrogens with zero attached hydrogens (tertiary/aromatic N) is 1. The van der Waals surface area contributed by atoms with Crippen LogP contribution in [0, 0.1) is 11.8 Å². The summed E-state index contributed by atoms with van der Waals surface area (Å²) >= 11 is 0. The lowest BCUT2D eigenvalue weighted by atomic mass is 9.92. The largest absolute Gasteiger partial charge is 0.353 e. The number of carbonyl (C=O) groups excluding carboxylic acids is 2. The van der Waals surface area contributed by atoms with Crippen molar-refractivity contribution >= 4 is 24.2 Å². The Morgan fingerprint density at radius 2 is 1.95 bits per heavy atom. The highest BCUT2D eigenvalue weighted by Crippen LogP contribution is 2.21. The van der Waals surface area contributed by atoms with Crippen LogP contribution in [0.3, 0.4) is 0 Å². The Morgan fingerprint density at radius 3 is 2.57 bits per heavy atom. The molecule has 21 heavy (non-hydrogen) atoms. The van der Waals surface area contributed by atoms with Gasteiger partial charge in [0.25, 0.3) is 0 Å². The normalized spacial score (nSPS) is 23.7. The fourth-order valence-corrected chi connectivity index (χ4v) is 3.27. The first-order valence-corrected chi connectivity index (χ1v) is 7.87. The second-order valence-electron chi connectivity index (χ2n) is 6.30. The Morgan fingerprint density at radius 1 is 1.29 bits per heavy atom. The summed E-state index contributed by atoms with van der Waals surface area (Å²) in [5.74, 6) is 0.980. The van der Waals surface area contributed by atoms with Crippen molar-refractivity contribution in [2.24, 2.45) is 11.8 Å². The standard InChI is InChI=1S/C15H27N3O2.ClH/c1-11(2)14-15(20)17-9-10-18(14)13(19)4-3-12-5-7-16-8-6-12;/h11-12,14,16H,3-10H2,1-2H3,(H,17,20);1H. The summed E-state index contributed by atoms with van der Waals surface area (Å²) in [6.45, 7) is 7.38. The van der Waals surface area contributed by atoms with Crippen LogP contribution in [-0.2, 0) is 9.59 Å². The molecule has 122 valence electrons. The third-order valence-corrected chi connectivity index (χ3v) is 4.43. The van der Waals surface area contributed by atoms with Gasteiger partial charge < -0.3 is 15.5 Å². The Kier molecular flexibility index (Phi) is 7.46. The molecule has 2 amide bonds. The molecule has 0 aromatic carbocycles. The van der Waals surface area contributed by atoms with E-state index >= 15 is 0 Å². The van der Waals surface area contributed by atoms with E-state index in [-0.39, 0.29) is 36.2 Å². The molecule has 1 atom stereocenters. The molecule has 0 aromatic heterocycles. The predicted octanol–water partition coefficient (Wildman–Crippen LogP) is 1.17. The number of piperidine rings is 1. The van der Waals surface area contributed by atoms with Gasteiger partial charge in [0.15, 0.2) is 0 Å². The van der Waals surface area contributed by atoms with Crippen molar-refractivity contribution in [3.05, 3.63) is 0 Å². The van der Waals surface area contributed by atoms with E-state index in [0.717, 1.165) is 19.5 Å². The molecule has 0 bridgehead atoms. The van der Waals surface area contributed by atoms with E-state index in [0.29, 0.717) is 25.4 Å². The van der Waals surface area contributed by atoms with Crippen LogP contribution >= 0.6 is 12.4 Å². The highest BCUT2D eigenvalue weighted by molar-refractivity contribution is 5.89. The highest BCUT2D eigenvalue weighted by atomic mass is 35.5. The van der Waals surface area contributed by atoms with E-state index in [4.69, 9.17) is 0 Å². The molecule has 0 saturated carbocycles. The zero-order valence-corrected chi connectivity index (χ0v) is 13.9. The summed E-state index contributed by atoms with van der Waals surface area (Å²) in [7, 11) is 0. The number of piperazine rings is 1. The number of rotatable bonds is 4. The van der Waals surface area contributed by atoms with Crippen LogP contribution in [0.5, 0.6) is 0 Å². The quantitative estimate of drug-likeness (QED) is 0.818. The minimum atomic E-state index is -0.288. The molecule has 2 aliphatic rings. The van der Waals surface area contributed by atoms with E-state index in [1.807, 2.05) is 13.8 Å². The fourth-order valence-electron chi connectivity index (χ4n) is 3.27. The number of nitrogens with one attached hydrogen (secondary N) is 2.